The molecule has 0 spiro atoms. The van der Waals surface area contributed by atoms with Crippen molar-refractivity contribution in [2.75, 3.05) is 31.2 Å². The summed E-state index contributed by atoms with van der Waals surface area (Å²) < 4.78 is 58.8. The molecule has 2 aromatic heterocycles. The van der Waals surface area contributed by atoms with Crippen LogP contribution in [0.25, 0.3) is 21.7 Å². The molecular weight excluding hydrogens is 525 g/mol. The lowest BCUT2D eigenvalue weighted by molar-refractivity contribution is -0.225. The van der Waals surface area contributed by atoms with Crippen LogP contribution in [0.3, 0.4) is 0 Å². The molecule has 2 aliphatic rings. The second-order valence-corrected chi connectivity index (χ2v) is 11.3. The highest BCUT2D eigenvalue weighted by Gasteiger charge is 2.46. The molecule has 9 nitrogen and oxygen atoms in total. The molecule has 3 aromatic rings. The van der Waals surface area contributed by atoms with Crippen LogP contribution in [0, 0.1) is 0 Å². The maximum atomic E-state index is 14.0. The standard InChI is InChI=1S/C25H29F3N4O5S/c1-24(2,3)37-23(34)32-14-4-5-15(32)13-31(12-14)22-30-18-16(20(25(26,27)28)35-10-9-33)6-7-17(19(18)36-22)21-29-8-11-38-21/h6-8,11,14-15,20,33H,4-5,9-10,12-13H2,1-3H3. The van der Waals surface area contributed by atoms with Crippen LogP contribution in [0.1, 0.15) is 45.3 Å². The molecule has 0 aliphatic carbocycles. The van der Waals surface area contributed by atoms with Crippen molar-refractivity contribution in [2.45, 2.75) is 63.6 Å². The van der Waals surface area contributed by atoms with Crippen LogP contribution < -0.4 is 4.90 Å². The van der Waals surface area contributed by atoms with Gasteiger partial charge in [-0.2, -0.15) is 18.2 Å². The molecule has 2 saturated heterocycles. The number of oxazole rings is 1. The third-order valence-corrected chi connectivity index (χ3v) is 7.35. The van der Waals surface area contributed by atoms with E-state index in [4.69, 9.17) is 19.0 Å². The van der Waals surface area contributed by atoms with Crippen LogP contribution in [0.4, 0.5) is 24.0 Å². The number of hydrogen-bond acceptors (Lipinski definition) is 9. The van der Waals surface area contributed by atoms with Crippen molar-refractivity contribution in [3.63, 3.8) is 0 Å². The topological polar surface area (TPSA) is 101 Å². The van der Waals surface area contributed by atoms with Gasteiger partial charge in [0.15, 0.2) is 11.7 Å². The Balaban J connectivity index is 1.52. The number of fused-ring (bicyclic) bond motifs is 3. The van der Waals surface area contributed by atoms with Gasteiger partial charge in [0.25, 0.3) is 6.01 Å². The summed E-state index contributed by atoms with van der Waals surface area (Å²) in [4.78, 5) is 25.3. The number of aliphatic hydroxyl groups excluding tert-OH is 1. The van der Waals surface area contributed by atoms with E-state index in [1.165, 1.54) is 23.5 Å². The Morgan fingerprint density at radius 1 is 1.24 bits per heavy atom. The number of benzene rings is 1. The Labute approximate surface area is 221 Å². The average molecular weight is 555 g/mol. The van der Waals surface area contributed by atoms with Crippen LogP contribution in [0.15, 0.2) is 28.1 Å². The smallest absolute Gasteiger partial charge is 0.418 e. The van der Waals surface area contributed by atoms with Crippen molar-refractivity contribution in [3.8, 4) is 10.6 Å². The molecule has 1 aromatic carbocycles. The number of piperazine rings is 1. The quantitative estimate of drug-likeness (QED) is 0.447. The van der Waals surface area contributed by atoms with Gasteiger partial charge in [-0.05, 0) is 39.7 Å². The maximum absolute atomic E-state index is 14.0. The highest BCUT2D eigenvalue weighted by Crippen LogP contribution is 2.43. The van der Waals surface area contributed by atoms with E-state index in [0.29, 0.717) is 23.7 Å². The van der Waals surface area contributed by atoms with Gasteiger partial charge >= 0.3 is 12.3 Å². The number of nitrogens with zero attached hydrogens (tertiary/aromatic N) is 4. The Hall–Kier alpha value is -2.90. The zero-order valence-corrected chi connectivity index (χ0v) is 22.0. The number of aromatic nitrogens is 2. The second kappa shape index (κ2) is 10.0. The Morgan fingerprint density at radius 2 is 1.95 bits per heavy atom. The second-order valence-electron chi connectivity index (χ2n) is 10.4. The van der Waals surface area contributed by atoms with E-state index in [1.54, 1.807) is 16.5 Å². The minimum atomic E-state index is -4.73. The normalized spacial score (nSPS) is 20.8. The number of rotatable bonds is 6. The minimum Gasteiger partial charge on any atom is -0.444 e. The molecule has 2 fully saturated rings. The van der Waals surface area contributed by atoms with Gasteiger partial charge in [-0.1, -0.05) is 6.07 Å². The lowest BCUT2D eigenvalue weighted by atomic mass is 10.0. The molecule has 0 radical (unpaired) electrons. The maximum Gasteiger partial charge on any atom is 0.418 e. The van der Waals surface area contributed by atoms with Crippen LogP contribution >= 0.6 is 11.3 Å². The fourth-order valence-corrected chi connectivity index (χ4v) is 5.75. The lowest BCUT2D eigenvalue weighted by Gasteiger charge is -2.40. The van der Waals surface area contributed by atoms with Crippen LogP contribution in [-0.2, 0) is 9.47 Å². The first-order valence-corrected chi connectivity index (χ1v) is 13.2. The fraction of sp³-hybridized carbons (Fsp3) is 0.560. The first-order valence-electron chi connectivity index (χ1n) is 12.3. The summed E-state index contributed by atoms with van der Waals surface area (Å²) in [6.45, 7) is 5.23. The summed E-state index contributed by atoms with van der Waals surface area (Å²) in [7, 11) is 0. The van der Waals surface area contributed by atoms with Gasteiger partial charge in [0.05, 0.1) is 30.9 Å². The third-order valence-electron chi connectivity index (χ3n) is 6.54. The molecule has 13 heteroatoms. The Bertz CT molecular complexity index is 1280. The highest BCUT2D eigenvalue weighted by molar-refractivity contribution is 7.13. The van der Waals surface area contributed by atoms with Crippen molar-refractivity contribution in [3.05, 3.63) is 29.3 Å². The molecular formula is C25H29F3N4O5S. The molecule has 5 rings (SSSR count). The van der Waals surface area contributed by atoms with E-state index in [9.17, 15) is 18.0 Å². The SMILES string of the molecule is CC(C)(C)OC(=O)N1C2CCC1CN(c1nc3c(C(OCCO)C(F)(F)F)ccc(-c4nccs4)c3o1)C2. The summed E-state index contributed by atoms with van der Waals surface area (Å²) in [5.41, 5.74) is -0.0994. The monoisotopic (exact) mass is 554 g/mol. The number of hydrogen-bond donors (Lipinski definition) is 1. The predicted octanol–water partition coefficient (Wildman–Crippen LogP) is 5.15. The van der Waals surface area contributed by atoms with Gasteiger partial charge in [0, 0.05) is 30.2 Å². The number of halogens is 3. The van der Waals surface area contributed by atoms with Gasteiger partial charge in [0.2, 0.25) is 0 Å². The predicted molar refractivity (Wildman–Crippen MR) is 134 cm³/mol. The largest absolute Gasteiger partial charge is 0.444 e. The first-order chi connectivity index (χ1) is 18.0. The zero-order valence-electron chi connectivity index (χ0n) is 21.2. The van der Waals surface area contributed by atoms with E-state index < -0.39 is 31.1 Å². The first kappa shape index (κ1) is 26.7. The van der Waals surface area contributed by atoms with Crippen molar-refractivity contribution in [1.29, 1.82) is 0 Å². The van der Waals surface area contributed by atoms with Crippen LogP contribution in [0.2, 0.25) is 0 Å². The summed E-state index contributed by atoms with van der Waals surface area (Å²) in [5, 5.41) is 11.4. The van der Waals surface area contributed by atoms with Crippen molar-refractivity contribution in [2.24, 2.45) is 0 Å². The van der Waals surface area contributed by atoms with Crippen LogP contribution in [0.5, 0.6) is 0 Å². The molecule has 4 heterocycles. The number of carbonyl (C=O) groups excluding carboxylic acids is 1. The number of carbonyl (C=O) groups is 1. The summed E-state index contributed by atoms with van der Waals surface area (Å²) >= 11 is 1.33. The number of thiazole rings is 1. The van der Waals surface area contributed by atoms with E-state index in [2.05, 4.69) is 9.97 Å². The summed E-state index contributed by atoms with van der Waals surface area (Å²) in [5.74, 6) is 0. The van der Waals surface area contributed by atoms with Gasteiger partial charge in [0.1, 0.15) is 16.1 Å². The zero-order chi connectivity index (χ0) is 27.2. The number of aliphatic hydroxyl groups is 1. The Morgan fingerprint density at radius 3 is 2.53 bits per heavy atom. The van der Waals surface area contributed by atoms with E-state index in [0.717, 1.165) is 12.8 Å². The number of alkyl halides is 3. The molecule has 3 atom stereocenters. The van der Waals surface area contributed by atoms with Crippen molar-refractivity contribution >= 4 is 34.5 Å². The van der Waals surface area contributed by atoms with Crippen molar-refractivity contribution < 1.29 is 37.0 Å². The molecule has 2 aliphatic heterocycles. The molecule has 3 unspecified atom stereocenters. The van der Waals surface area contributed by atoms with Gasteiger partial charge in [-0.3, -0.25) is 4.90 Å². The minimum absolute atomic E-state index is 0.0230. The molecule has 2 bridgehead atoms. The lowest BCUT2D eigenvalue weighted by Crippen LogP contribution is -2.56. The van der Waals surface area contributed by atoms with Crippen molar-refractivity contribution in [1.82, 2.24) is 14.9 Å². The molecule has 38 heavy (non-hydrogen) atoms. The van der Waals surface area contributed by atoms with E-state index in [1.807, 2.05) is 25.7 Å². The molecule has 1 amide bonds. The summed E-state index contributed by atoms with van der Waals surface area (Å²) in [6.07, 6.45) is -4.23. The van der Waals surface area contributed by atoms with Crippen LogP contribution in [-0.4, -0.2) is 76.2 Å². The third kappa shape index (κ3) is 5.19. The van der Waals surface area contributed by atoms with Gasteiger partial charge in [-0.25, -0.2) is 9.78 Å². The van der Waals surface area contributed by atoms with Gasteiger partial charge in [-0.15, -0.1) is 11.3 Å². The summed E-state index contributed by atoms with van der Waals surface area (Å²) in [6, 6.07) is 2.76. The number of ether oxygens (including phenoxy) is 2. The fourth-order valence-electron chi connectivity index (χ4n) is 5.09. The number of amides is 1. The average Bonchev–Trinajstić information content (AvgIpc) is 3.56. The van der Waals surface area contributed by atoms with E-state index >= 15 is 0 Å². The van der Waals surface area contributed by atoms with E-state index in [-0.39, 0.29) is 40.9 Å². The molecule has 0 saturated carbocycles. The molecule has 206 valence electrons. The Kier molecular flexibility index (Phi) is 7.03. The van der Waals surface area contributed by atoms with Gasteiger partial charge < -0.3 is 23.9 Å². The number of anilines is 1. The highest BCUT2D eigenvalue weighted by atomic mass is 32.1. The molecule has 1 N–H and O–H groups in total.